The van der Waals surface area contributed by atoms with Gasteiger partial charge < -0.3 is 15.0 Å². The summed E-state index contributed by atoms with van der Waals surface area (Å²) < 4.78 is 4.74. The quantitative estimate of drug-likeness (QED) is 0.894. The molecule has 1 aromatic heterocycles. The molecule has 0 bridgehead atoms. The molecule has 1 aromatic carbocycles. The van der Waals surface area contributed by atoms with E-state index in [1.807, 2.05) is 25.1 Å². The van der Waals surface area contributed by atoms with Crippen LogP contribution in [0.5, 0.6) is 0 Å². The van der Waals surface area contributed by atoms with E-state index in [1.165, 1.54) is 24.0 Å². The fourth-order valence-corrected chi connectivity index (χ4v) is 4.10. The Bertz CT molecular complexity index is 768. The third kappa shape index (κ3) is 4.40. The number of hydrogen-bond donors (Lipinski definition) is 1. The molecular weight excluding hydrogens is 350 g/mol. The highest BCUT2D eigenvalue weighted by Gasteiger charge is 2.25. The molecule has 0 radical (unpaired) electrons. The molecule has 1 N–H and O–H groups in total. The van der Waals surface area contributed by atoms with Gasteiger partial charge in [0.15, 0.2) is 0 Å². The van der Waals surface area contributed by atoms with Crippen molar-refractivity contribution in [1.29, 1.82) is 0 Å². The molecule has 0 unspecified atom stereocenters. The van der Waals surface area contributed by atoms with Crippen molar-refractivity contribution in [2.24, 2.45) is 0 Å². The van der Waals surface area contributed by atoms with Gasteiger partial charge in [-0.25, -0.2) is 9.78 Å². The summed E-state index contributed by atoms with van der Waals surface area (Å²) in [5.74, 6) is -0.0733. The second kappa shape index (κ2) is 8.31. The first-order chi connectivity index (χ1) is 12.6. The van der Waals surface area contributed by atoms with Crippen LogP contribution in [0.2, 0.25) is 0 Å². The minimum Gasteiger partial charge on any atom is -0.453 e. The molecule has 6 nitrogen and oxygen atoms in total. The maximum absolute atomic E-state index is 12.6. The minimum absolute atomic E-state index is 0.0717. The molecule has 2 amide bonds. The number of rotatable bonds is 4. The van der Waals surface area contributed by atoms with Crippen LogP contribution in [0.3, 0.4) is 0 Å². The number of ether oxygens (including phenoxy) is 1. The highest BCUT2D eigenvalue weighted by molar-refractivity contribution is 7.13. The van der Waals surface area contributed by atoms with Crippen molar-refractivity contribution in [3.63, 3.8) is 0 Å². The van der Waals surface area contributed by atoms with E-state index in [-0.39, 0.29) is 18.0 Å². The first kappa shape index (κ1) is 18.4. The van der Waals surface area contributed by atoms with Crippen molar-refractivity contribution < 1.29 is 14.3 Å². The second-order valence-electron chi connectivity index (χ2n) is 6.39. The molecule has 1 saturated heterocycles. The number of nitrogens with one attached hydrogen (secondary N) is 1. The van der Waals surface area contributed by atoms with E-state index in [1.54, 1.807) is 4.90 Å². The number of methoxy groups -OCH3 is 1. The summed E-state index contributed by atoms with van der Waals surface area (Å²) in [6.07, 6.45) is 1.89. The molecule has 1 aliphatic rings. The monoisotopic (exact) mass is 373 g/mol. The lowest BCUT2D eigenvalue weighted by Gasteiger charge is -2.31. The van der Waals surface area contributed by atoms with Crippen LogP contribution in [0.15, 0.2) is 30.3 Å². The number of thiazole rings is 1. The number of aryl methyl sites for hydroxylation is 1. The Kier molecular flexibility index (Phi) is 5.88. The summed E-state index contributed by atoms with van der Waals surface area (Å²) in [5.41, 5.74) is 1.95. The first-order valence-electron chi connectivity index (χ1n) is 8.71. The zero-order valence-corrected chi connectivity index (χ0v) is 15.8. The van der Waals surface area contributed by atoms with Crippen LogP contribution in [-0.4, -0.2) is 48.1 Å². The van der Waals surface area contributed by atoms with Crippen LogP contribution in [0.25, 0.3) is 0 Å². The van der Waals surface area contributed by atoms with Crippen LogP contribution in [0.4, 0.5) is 4.79 Å². The minimum atomic E-state index is -0.307. The Morgan fingerprint density at radius 3 is 2.62 bits per heavy atom. The SMILES string of the molecule is COC(=O)N1CCC(NC(=O)c2sc(Cc3ccccc3)nc2C)CC1. The first-order valence-corrected chi connectivity index (χ1v) is 9.52. The van der Waals surface area contributed by atoms with Crippen LogP contribution in [0.1, 0.15) is 38.8 Å². The smallest absolute Gasteiger partial charge is 0.409 e. The van der Waals surface area contributed by atoms with E-state index in [2.05, 4.69) is 22.4 Å². The number of carbonyl (C=O) groups excluding carboxylic acids is 2. The predicted molar refractivity (Wildman–Crippen MR) is 101 cm³/mol. The van der Waals surface area contributed by atoms with E-state index >= 15 is 0 Å². The van der Waals surface area contributed by atoms with Crippen molar-refractivity contribution in [1.82, 2.24) is 15.2 Å². The van der Waals surface area contributed by atoms with Gasteiger partial charge in [-0.2, -0.15) is 0 Å². The summed E-state index contributed by atoms with van der Waals surface area (Å²) in [7, 11) is 1.38. The van der Waals surface area contributed by atoms with Gasteiger partial charge in [0.1, 0.15) is 4.88 Å². The number of hydrogen-bond acceptors (Lipinski definition) is 5. The lowest BCUT2D eigenvalue weighted by molar-refractivity contribution is 0.0895. The highest BCUT2D eigenvalue weighted by atomic mass is 32.1. The zero-order chi connectivity index (χ0) is 18.5. The lowest BCUT2D eigenvalue weighted by Crippen LogP contribution is -2.46. The van der Waals surface area contributed by atoms with Crippen molar-refractivity contribution in [3.05, 3.63) is 51.5 Å². The van der Waals surface area contributed by atoms with Crippen molar-refractivity contribution in [3.8, 4) is 0 Å². The lowest BCUT2D eigenvalue weighted by atomic mass is 10.1. The van der Waals surface area contributed by atoms with Crippen molar-refractivity contribution in [2.75, 3.05) is 20.2 Å². The Labute approximate surface area is 157 Å². The fourth-order valence-electron chi connectivity index (χ4n) is 3.10. The third-order valence-corrected chi connectivity index (χ3v) is 5.66. The van der Waals surface area contributed by atoms with Gasteiger partial charge in [0.25, 0.3) is 5.91 Å². The maximum atomic E-state index is 12.6. The molecule has 0 atom stereocenters. The standard InChI is InChI=1S/C19H23N3O3S/c1-13-17(26-16(20-13)12-14-6-4-3-5-7-14)18(23)21-15-8-10-22(11-9-15)19(24)25-2/h3-7,15H,8-12H2,1-2H3,(H,21,23). The van der Waals surface area contributed by atoms with Gasteiger partial charge in [-0.1, -0.05) is 30.3 Å². The van der Waals surface area contributed by atoms with Crippen LogP contribution in [-0.2, 0) is 11.2 Å². The molecule has 0 saturated carbocycles. The molecule has 7 heteroatoms. The molecule has 1 aliphatic heterocycles. The number of benzene rings is 1. The van der Waals surface area contributed by atoms with E-state index in [4.69, 9.17) is 4.74 Å². The highest BCUT2D eigenvalue weighted by Crippen LogP contribution is 2.22. The molecule has 0 spiro atoms. The number of nitrogens with zero attached hydrogens (tertiary/aromatic N) is 2. The summed E-state index contributed by atoms with van der Waals surface area (Å²) in [4.78, 5) is 31.0. The van der Waals surface area contributed by atoms with Gasteiger partial charge in [-0.05, 0) is 25.3 Å². The average Bonchev–Trinajstić information content (AvgIpc) is 3.02. The Hall–Kier alpha value is -2.41. The van der Waals surface area contributed by atoms with Crippen LogP contribution >= 0.6 is 11.3 Å². The van der Waals surface area contributed by atoms with Crippen LogP contribution in [0, 0.1) is 6.92 Å². The Morgan fingerprint density at radius 1 is 1.27 bits per heavy atom. The molecule has 1 fully saturated rings. The molecule has 0 aliphatic carbocycles. The predicted octanol–water partition coefficient (Wildman–Crippen LogP) is 3.00. The van der Waals surface area contributed by atoms with Gasteiger partial charge in [0, 0.05) is 25.6 Å². The van der Waals surface area contributed by atoms with Gasteiger partial charge in [0.05, 0.1) is 17.8 Å². The maximum Gasteiger partial charge on any atom is 0.409 e. The largest absolute Gasteiger partial charge is 0.453 e. The van der Waals surface area contributed by atoms with Gasteiger partial charge in [0.2, 0.25) is 0 Å². The molecular formula is C19H23N3O3S. The summed E-state index contributed by atoms with van der Waals surface area (Å²) >= 11 is 1.45. The van der Waals surface area contributed by atoms with Gasteiger partial charge in [-0.3, -0.25) is 4.79 Å². The van der Waals surface area contributed by atoms with Crippen LogP contribution < -0.4 is 5.32 Å². The number of amides is 2. The normalized spacial score (nSPS) is 14.9. The second-order valence-corrected chi connectivity index (χ2v) is 7.47. The molecule has 26 heavy (non-hydrogen) atoms. The molecule has 2 aromatic rings. The molecule has 2 heterocycles. The number of carbonyl (C=O) groups is 2. The van der Waals surface area contributed by atoms with E-state index in [9.17, 15) is 9.59 Å². The topological polar surface area (TPSA) is 71.5 Å². The zero-order valence-electron chi connectivity index (χ0n) is 15.0. The third-order valence-electron chi connectivity index (χ3n) is 4.51. The van der Waals surface area contributed by atoms with Gasteiger partial charge in [-0.15, -0.1) is 11.3 Å². The Balaban J connectivity index is 1.58. The summed E-state index contributed by atoms with van der Waals surface area (Å²) in [6.45, 7) is 3.07. The molecule has 138 valence electrons. The fraction of sp³-hybridized carbons (Fsp3) is 0.421. The Morgan fingerprint density at radius 2 is 1.96 bits per heavy atom. The number of likely N-dealkylation sites (tertiary alicyclic amines) is 1. The average molecular weight is 373 g/mol. The van der Waals surface area contributed by atoms with E-state index in [0.717, 1.165) is 30.0 Å². The van der Waals surface area contributed by atoms with E-state index in [0.29, 0.717) is 18.0 Å². The van der Waals surface area contributed by atoms with E-state index < -0.39 is 0 Å². The summed E-state index contributed by atoms with van der Waals surface area (Å²) in [5, 5.41) is 4.03. The van der Waals surface area contributed by atoms with Crippen molar-refractivity contribution in [2.45, 2.75) is 32.2 Å². The number of aromatic nitrogens is 1. The summed E-state index contributed by atoms with van der Waals surface area (Å²) in [6, 6.07) is 10.2. The van der Waals surface area contributed by atoms with Gasteiger partial charge >= 0.3 is 6.09 Å². The van der Waals surface area contributed by atoms with Crippen molar-refractivity contribution >= 4 is 23.3 Å². The molecule has 3 rings (SSSR count). The number of piperidine rings is 1.